The maximum atomic E-state index is 13.6. The Balaban J connectivity index is 2.28. The summed E-state index contributed by atoms with van der Waals surface area (Å²) in [4.78, 5) is 24.9. The number of hydrogen-bond acceptors (Lipinski definition) is 3. The summed E-state index contributed by atoms with van der Waals surface area (Å²) in [6, 6.07) is 7.16. The van der Waals surface area contributed by atoms with Crippen LogP contribution in [0.4, 0.5) is 8.78 Å². The fraction of sp³-hybridized carbons (Fsp3) is 0.238. The molecule has 3 rings (SSSR count). The van der Waals surface area contributed by atoms with Crippen molar-refractivity contribution in [1.82, 2.24) is 4.57 Å². The molecule has 7 heteroatoms. The third kappa shape index (κ3) is 3.24. The molecule has 0 unspecified atom stereocenters. The minimum absolute atomic E-state index is 0.0631. The smallest absolute Gasteiger partial charge is 0.311 e. The molecule has 3 aromatic rings. The van der Waals surface area contributed by atoms with Crippen LogP contribution in [-0.2, 0) is 4.79 Å². The molecule has 146 valence electrons. The number of halogens is 2. The minimum Gasteiger partial charge on any atom is -0.508 e. The normalized spacial score (nSPS) is 12.3. The van der Waals surface area contributed by atoms with Gasteiger partial charge in [-0.25, -0.2) is 8.78 Å². The predicted molar refractivity (Wildman–Crippen MR) is 99.7 cm³/mol. The first-order valence-electron chi connectivity index (χ1n) is 8.82. The van der Waals surface area contributed by atoms with Gasteiger partial charge in [0, 0.05) is 16.6 Å². The van der Waals surface area contributed by atoms with Gasteiger partial charge in [-0.2, -0.15) is 0 Å². The maximum Gasteiger partial charge on any atom is 0.311 e. The second-order valence-corrected chi connectivity index (χ2v) is 6.65. The summed E-state index contributed by atoms with van der Waals surface area (Å²) in [5.74, 6) is -4.79. The van der Waals surface area contributed by atoms with Gasteiger partial charge in [0.15, 0.2) is 11.6 Å². The van der Waals surface area contributed by atoms with E-state index in [0.29, 0.717) is 35.0 Å². The van der Waals surface area contributed by atoms with E-state index in [2.05, 4.69) is 0 Å². The lowest BCUT2D eigenvalue weighted by Crippen LogP contribution is -2.16. The van der Waals surface area contributed by atoms with Crippen molar-refractivity contribution in [2.75, 3.05) is 0 Å². The zero-order valence-electron chi connectivity index (χ0n) is 15.4. The van der Waals surface area contributed by atoms with Crippen LogP contribution in [0.5, 0.6) is 5.75 Å². The number of phenolic OH excluding ortho intramolecular Hbond substituents is 1. The Kier molecular flexibility index (Phi) is 5.18. The number of carboxylic acids is 1. The summed E-state index contributed by atoms with van der Waals surface area (Å²) in [7, 11) is 0. The molecular weight excluding hydrogens is 368 g/mol. The Morgan fingerprint density at radius 3 is 2.43 bits per heavy atom. The molecule has 0 bridgehead atoms. The van der Waals surface area contributed by atoms with E-state index in [4.69, 9.17) is 0 Å². The number of benzene rings is 2. The molecule has 0 saturated carbocycles. The van der Waals surface area contributed by atoms with Crippen LogP contribution in [0.25, 0.3) is 10.9 Å². The van der Waals surface area contributed by atoms with Crippen LogP contribution < -0.4 is 0 Å². The third-order valence-electron chi connectivity index (χ3n) is 4.83. The van der Waals surface area contributed by atoms with E-state index in [9.17, 15) is 28.6 Å². The molecule has 0 radical (unpaired) electrons. The van der Waals surface area contributed by atoms with E-state index in [1.165, 1.54) is 28.8 Å². The van der Waals surface area contributed by atoms with E-state index in [0.717, 1.165) is 12.1 Å². The van der Waals surface area contributed by atoms with Crippen LogP contribution in [-0.4, -0.2) is 26.7 Å². The highest BCUT2D eigenvalue weighted by molar-refractivity contribution is 6.05. The number of aromatic hydroxyl groups is 1. The lowest BCUT2D eigenvalue weighted by atomic mass is 9.92. The van der Waals surface area contributed by atoms with Crippen LogP contribution in [0, 0.1) is 18.6 Å². The molecule has 1 aromatic heterocycles. The van der Waals surface area contributed by atoms with Crippen molar-refractivity contribution < 1.29 is 28.6 Å². The van der Waals surface area contributed by atoms with Gasteiger partial charge < -0.3 is 10.2 Å². The van der Waals surface area contributed by atoms with Gasteiger partial charge in [-0.05, 0) is 55.3 Å². The minimum atomic E-state index is -1.15. The van der Waals surface area contributed by atoms with E-state index in [-0.39, 0.29) is 11.3 Å². The van der Waals surface area contributed by atoms with Crippen molar-refractivity contribution in [3.63, 3.8) is 0 Å². The zero-order valence-corrected chi connectivity index (χ0v) is 15.4. The molecule has 0 saturated heterocycles. The van der Waals surface area contributed by atoms with Gasteiger partial charge in [0.2, 0.25) is 0 Å². The van der Waals surface area contributed by atoms with Crippen LogP contribution in [0.15, 0.2) is 36.4 Å². The van der Waals surface area contributed by atoms with E-state index >= 15 is 0 Å². The number of fused-ring (bicyclic) bond motifs is 1. The molecule has 5 nitrogen and oxygen atoms in total. The fourth-order valence-corrected chi connectivity index (χ4v) is 3.57. The molecule has 2 aromatic carbocycles. The van der Waals surface area contributed by atoms with Crippen molar-refractivity contribution >= 4 is 22.8 Å². The van der Waals surface area contributed by atoms with Gasteiger partial charge in [-0.1, -0.05) is 13.3 Å². The molecule has 2 N–H and O–H groups in total. The quantitative estimate of drug-likeness (QED) is 0.671. The fourth-order valence-electron chi connectivity index (χ4n) is 3.57. The monoisotopic (exact) mass is 387 g/mol. The first-order valence-corrected chi connectivity index (χ1v) is 8.82. The molecule has 0 fully saturated rings. The van der Waals surface area contributed by atoms with Gasteiger partial charge >= 0.3 is 5.97 Å². The van der Waals surface area contributed by atoms with Crippen molar-refractivity contribution in [1.29, 1.82) is 0 Å². The lowest BCUT2D eigenvalue weighted by Gasteiger charge is -2.13. The van der Waals surface area contributed by atoms with Crippen LogP contribution in [0.1, 0.15) is 47.3 Å². The highest BCUT2D eigenvalue weighted by atomic mass is 19.2. The summed E-state index contributed by atoms with van der Waals surface area (Å²) < 4.78 is 28.1. The van der Waals surface area contributed by atoms with Crippen molar-refractivity contribution in [3.05, 3.63) is 64.9 Å². The van der Waals surface area contributed by atoms with Crippen LogP contribution >= 0.6 is 0 Å². The van der Waals surface area contributed by atoms with Crippen molar-refractivity contribution in [2.24, 2.45) is 0 Å². The van der Waals surface area contributed by atoms with Gasteiger partial charge in [-0.3, -0.25) is 14.2 Å². The summed E-state index contributed by atoms with van der Waals surface area (Å²) >= 11 is 0. The van der Waals surface area contributed by atoms with E-state index in [1.54, 1.807) is 6.92 Å². The third-order valence-corrected chi connectivity index (χ3v) is 4.83. The van der Waals surface area contributed by atoms with Crippen molar-refractivity contribution in [3.8, 4) is 5.75 Å². The molecule has 0 spiro atoms. The van der Waals surface area contributed by atoms with Gasteiger partial charge in [0.25, 0.3) is 5.91 Å². The molecule has 1 heterocycles. The zero-order chi connectivity index (χ0) is 20.6. The average molecular weight is 387 g/mol. The second-order valence-electron chi connectivity index (χ2n) is 6.65. The standard InChI is InChI=1S/C21H19F2NO4/c1-3-4-14(21(27)28)19-11(2)24(18-8-6-13(25)10-15(18)19)20(26)12-5-7-16(22)17(23)9-12/h5-10,14,25H,3-4H2,1-2H3,(H,27,28)/t14-/m0/s1. The highest BCUT2D eigenvalue weighted by Gasteiger charge is 2.29. The SMILES string of the molecule is CCC[C@H](C(=O)O)c1c(C)n(C(=O)c2ccc(F)c(F)c2)c2ccc(O)cc12. The number of carbonyl (C=O) groups is 2. The number of aliphatic carboxylic acids is 1. The van der Waals surface area contributed by atoms with Crippen LogP contribution in [0.2, 0.25) is 0 Å². The molecule has 0 aliphatic rings. The maximum absolute atomic E-state index is 13.6. The summed E-state index contributed by atoms with van der Waals surface area (Å²) in [5.41, 5.74) is 1.13. The second kappa shape index (κ2) is 7.42. The van der Waals surface area contributed by atoms with Gasteiger partial charge in [0.1, 0.15) is 5.75 Å². The lowest BCUT2D eigenvalue weighted by molar-refractivity contribution is -0.139. The number of carboxylic acid groups (broad SMARTS) is 1. The number of hydrogen-bond donors (Lipinski definition) is 2. The largest absolute Gasteiger partial charge is 0.508 e. The first kappa shape index (κ1) is 19.5. The Labute approximate surface area is 159 Å². The van der Waals surface area contributed by atoms with Crippen molar-refractivity contribution in [2.45, 2.75) is 32.6 Å². The highest BCUT2D eigenvalue weighted by Crippen LogP contribution is 2.36. The topological polar surface area (TPSA) is 79.5 Å². The summed E-state index contributed by atoms with van der Waals surface area (Å²) in [6.07, 6.45) is 0.962. The Bertz CT molecular complexity index is 1090. The number of phenols is 1. The van der Waals surface area contributed by atoms with E-state index in [1.807, 2.05) is 6.92 Å². The number of carbonyl (C=O) groups excluding carboxylic acids is 1. The summed E-state index contributed by atoms with van der Waals surface area (Å²) in [5, 5.41) is 20.0. The predicted octanol–water partition coefficient (Wildman–Crippen LogP) is 4.59. The van der Waals surface area contributed by atoms with Gasteiger partial charge in [0.05, 0.1) is 11.4 Å². The molecule has 1 atom stereocenters. The molecular formula is C21H19F2NO4. The number of aromatic nitrogens is 1. The molecule has 0 aliphatic carbocycles. The molecule has 28 heavy (non-hydrogen) atoms. The van der Waals surface area contributed by atoms with Crippen LogP contribution in [0.3, 0.4) is 0 Å². The average Bonchev–Trinajstić information content (AvgIpc) is 2.92. The summed E-state index contributed by atoms with van der Waals surface area (Å²) in [6.45, 7) is 3.46. The Morgan fingerprint density at radius 2 is 1.82 bits per heavy atom. The molecule has 0 amide bonds. The van der Waals surface area contributed by atoms with Gasteiger partial charge in [-0.15, -0.1) is 0 Å². The molecule has 0 aliphatic heterocycles. The number of rotatable bonds is 5. The van der Waals surface area contributed by atoms with E-state index < -0.39 is 29.4 Å². The first-order chi connectivity index (χ1) is 13.3. The number of nitrogens with zero attached hydrogens (tertiary/aromatic N) is 1. The Hall–Kier alpha value is -3.22. The Morgan fingerprint density at radius 1 is 1.11 bits per heavy atom.